The number of nitrogens with zero attached hydrogens (tertiary/aromatic N) is 4. The van der Waals surface area contributed by atoms with E-state index in [2.05, 4.69) is 20.6 Å². The summed E-state index contributed by atoms with van der Waals surface area (Å²) in [6.45, 7) is 0.168. The van der Waals surface area contributed by atoms with Gasteiger partial charge in [0.25, 0.3) is 0 Å². The van der Waals surface area contributed by atoms with Crippen LogP contribution >= 0.6 is 11.6 Å². The Labute approximate surface area is 172 Å². The maximum atomic E-state index is 12.1. The lowest BCUT2D eigenvalue weighted by Gasteiger charge is -2.03. The molecule has 0 atom stereocenters. The molecule has 0 spiro atoms. The summed E-state index contributed by atoms with van der Waals surface area (Å²) in [5.74, 6) is 0.677. The highest BCUT2D eigenvalue weighted by molar-refractivity contribution is 6.30. The second-order valence-corrected chi connectivity index (χ2v) is 6.95. The van der Waals surface area contributed by atoms with Crippen LogP contribution in [0.5, 0.6) is 0 Å². The van der Waals surface area contributed by atoms with E-state index in [0.717, 1.165) is 22.4 Å². The van der Waals surface area contributed by atoms with Crippen LogP contribution in [0.15, 0.2) is 65.3 Å². The van der Waals surface area contributed by atoms with Crippen LogP contribution in [-0.4, -0.2) is 25.8 Å². The summed E-state index contributed by atoms with van der Waals surface area (Å²) in [6, 6.07) is 16.9. The lowest BCUT2D eigenvalue weighted by molar-refractivity contribution is -0.120. The highest BCUT2D eigenvalue weighted by Gasteiger charge is 2.12. The number of halogens is 1. The SMILES string of the molecule is Cn1nccc1-c1cccc(-c2noc(CNC(=O)Cc3ccc(Cl)cc3)n2)c1. The predicted octanol–water partition coefficient (Wildman–Crippen LogP) is 3.65. The van der Waals surface area contributed by atoms with E-state index in [4.69, 9.17) is 16.1 Å². The molecule has 2 heterocycles. The maximum absolute atomic E-state index is 12.1. The first-order valence-corrected chi connectivity index (χ1v) is 9.39. The smallest absolute Gasteiger partial charge is 0.246 e. The van der Waals surface area contributed by atoms with Gasteiger partial charge < -0.3 is 9.84 Å². The van der Waals surface area contributed by atoms with Gasteiger partial charge in [-0.3, -0.25) is 9.48 Å². The summed E-state index contributed by atoms with van der Waals surface area (Å²) in [4.78, 5) is 16.5. The number of carbonyl (C=O) groups excluding carboxylic acids is 1. The number of carbonyl (C=O) groups is 1. The van der Waals surface area contributed by atoms with E-state index in [0.29, 0.717) is 16.7 Å². The fourth-order valence-electron chi connectivity index (χ4n) is 2.94. The molecule has 4 aromatic rings. The number of nitrogens with one attached hydrogen (secondary N) is 1. The van der Waals surface area contributed by atoms with Gasteiger partial charge in [-0.1, -0.05) is 47.1 Å². The van der Waals surface area contributed by atoms with Crippen molar-refractivity contribution in [1.29, 1.82) is 0 Å². The standard InChI is InChI=1S/C21H18ClN5O2/c1-27-18(9-10-24-27)15-3-2-4-16(12-15)21-25-20(29-26-21)13-23-19(28)11-14-5-7-17(22)8-6-14/h2-10,12H,11,13H2,1H3,(H,23,28). The molecule has 1 N–H and O–H groups in total. The molecule has 0 fully saturated rings. The van der Waals surface area contributed by atoms with Gasteiger partial charge in [0.2, 0.25) is 17.6 Å². The Hall–Kier alpha value is -3.45. The van der Waals surface area contributed by atoms with Crippen molar-refractivity contribution < 1.29 is 9.32 Å². The molecular weight excluding hydrogens is 390 g/mol. The monoisotopic (exact) mass is 407 g/mol. The first-order valence-electron chi connectivity index (χ1n) is 9.01. The molecule has 4 rings (SSSR count). The van der Waals surface area contributed by atoms with E-state index in [1.807, 2.05) is 49.5 Å². The summed E-state index contributed by atoms with van der Waals surface area (Å²) in [6.07, 6.45) is 2.01. The summed E-state index contributed by atoms with van der Waals surface area (Å²) in [7, 11) is 1.89. The van der Waals surface area contributed by atoms with E-state index in [1.54, 1.807) is 23.0 Å². The third-order valence-electron chi connectivity index (χ3n) is 4.42. The fourth-order valence-corrected chi connectivity index (χ4v) is 3.07. The number of hydrogen-bond acceptors (Lipinski definition) is 5. The zero-order valence-corrected chi connectivity index (χ0v) is 16.4. The molecule has 0 aliphatic carbocycles. The van der Waals surface area contributed by atoms with E-state index in [9.17, 15) is 4.79 Å². The number of aryl methyl sites for hydroxylation is 1. The Morgan fingerprint density at radius 1 is 1.14 bits per heavy atom. The average molecular weight is 408 g/mol. The molecule has 0 unspecified atom stereocenters. The minimum atomic E-state index is -0.134. The molecule has 146 valence electrons. The largest absolute Gasteiger partial charge is 0.347 e. The third-order valence-corrected chi connectivity index (χ3v) is 4.67. The summed E-state index contributed by atoms with van der Waals surface area (Å²) in [5, 5.41) is 11.7. The van der Waals surface area contributed by atoms with Crippen molar-refractivity contribution in [2.24, 2.45) is 7.05 Å². The quantitative estimate of drug-likeness (QED) is 0.527. The predicted molar refractivity (Wildman–Crippen MR) is 109 cm³/mol. The van der Waals surface area contributed by atoms with Crippen LogP contribution in [0, 0.1) is 0 Å². The van der Waals surface area contributed by atoms with Gasteiger partial charge in [-0.15, -0.1) is 0 Å². The molecule has 1 amide bonds. The Bertz CT molecular complexity index is 1130. The summed E-state index contributed by atoms with van der Waals surface area (Å²) in [5.41, 5.74) is 3.70. The number of benzene rings is 2. The van der Waals surface area contributed by atoms with Crippen molar-refractivity contribution in [2.45, 2.75) is 13.0 Å². The van der Waals surface area contributed by atoms with E-state index in [1.165, 1.54) is 0 Å². The van der Waals surface area contributed by atoms with E-state index >= 15 is 0 Å². The Balaban J connectivity index is 1.40. The first-order chi connectivity index (χ1) is 14.1. The lowest BCUT2D eigenvalue weighted by Crippen LogP contribution is -2.24. The van der Waals surface area contributed by atoms with Crippen LogP contribution < -0.4 is 5.32 Å². The van der Waals surface area contributed by atoms with Gasteiger partial charge in [0.1, 0.15) is 0 Å². The van der Waals surface area contributed by atoms with Crippen LogP contribution in [-0.2, 0) is 24.8 Å². The molecule has 2 aromatic heterocycles. The van der Waals surface area contributed by atoms with Crippen LogP contribution in [0.4, 0.5) is 0 Å². The minimum absolute atomic E-state index is 0.134. The van der Waals surface area contributed by atoms with Crippen molar-refractivity contribution in [3.05, 3.63) is 77.3 Å². The van der Waals surface area contributed by atoms with Gasteiger partial charge in [0.15, 0.2) is 0 Å². The van der Waals surface area contributed by atoms with Gasteiger partial charge >= 0.3 is 0 Å². The minimum Gasteiger partial charge on any atom is -0.347 e. The average Bonchev–Trinajstić information content (AvgIpc) is 3.37. The summed E-state index contributed by atoms with van der Waals surface area (Å²) >= 11 is 5.86. The lowest BCUT2D eigenvalue weighted by atomic mass is 10.1. The molecule has 8 heteroatoms. The van der Waals surface area contributed by atoms with Gasteiger partial charge in [0.05, 0.1) is 18.7 Å². The normalized spacial score (nSPS) is 10.8. The number of amides is 1. The fraction of sp³-hybridized carbons (Fsp3) is 0.143. The van der Waals surface area contributed by atoms with Crippen molar-refractivity contribution in [1.82, 2.24) is 25.2 Å². The van der Waals surface area contributed by atoms with Crippen molar-refractivity contribution in [3.63, 3.8) is 0 Å². The van der Waals surface area contributed by atoms with Crippen molar-refractivity contribution in [3.8, 4) is 22.6 Å². The van der Waals surface area contributed by atoms with Crippen LogP contribution in [0.1, 0.15) is 11.5 Å². The number of aromatic nitrogens is 4. The van der Waals surface area contributed by atoms with Crippen LogP contribution in [0.25, 0.3) is 22.6 Å². The highest BCUT2D eigenvalue weighted by atomic mass is 35.5. The zero-order valence-electron chi connectivity index (χ0n) is 15.7. The second-order valence-electron chi connectivity index (χ2n) is 6.51. The van der Waals surface area contributed by atoms with Crippen LogP contribution in [0.2, 0.25) is 5.02 Å². The Morgan fingerprint density at radius 2 is 1.93 bits per heavy atom. The second kappa shape index (κ2) is 8.28. The molecule has 0 aliphatic heterocycles. The zero-order chi connectivity index (χ0) is 20.2. The molecule has 0 saturated carbocycles. The van der Waals surface area contributed by atoms with Crippen molar-refractivity contribution in [2.75, 3.05) is 0 Å². The molecule has 7 nitrogen and oxygen atoms in total. The molecule has 2 aromatic carbocycles. The Morgan fingerprint density at radius 3 is 2.69 bits per heavy atom. The number of hydrogen-bond donors (Lipinski definition) is 1. The molecule has 0 aliphatic rings. The molecule has 0 bridgehead atoms. The van der Waals surface area contributed by atoms with Gasteiger partial charge in [-0.05, 0) is 29.8 Å². The molecule has 0 radical (unpaired) electrons. The first kappa shape index (κ1) is 18.9. The number of rotatable bonds is 6. The molecule has 29 heavy (non-hydrogen) atoms. The summed E-state index contributed by atoms with van der Waals surface area (Å²) < 4.78 is 7.08. The van der Waals surface area contributed by atoms with Gasteiger partial charge in [-0.25, -0.2) is 0 Å². The van der Waals surface area contributed by atoms with Gasteiger partial charge in [-0.2, -0.15) is 10.1 Å². The van der Waals surface area contributed by atoms with E-state index < -0.39 is 0 Å². The van der Waals surface area contributed by atoms with Gasteiger partial charge in [0, 0.05) is 29.4 Å². The Kier molecular flexibility index (Phi) is 5.39. The third kappa shape index (κ3) is 4.52. The highest BCUT2D eigenvalue weighted by Crippen LogP contribution is 2.24. The molecular formula is C21H18ClN5O2. The topological polar surface area (TPSA) is 85.8 Å². The van der Waals surface area contributed by atoms with Crippen LogP contribution in [0.3, 0.4) is 0 Å². The van der Waals surface area contributed by atoms with E-state index in [-0.39, 0.29) is 18.9 Å². The maximum Gasteiger partial charge on any atom is 0.246 e. The molecule has 0 saturated heterocycles. The van der Waals surface area contributed by atoms with Crippen molar-refractivity contribution >= 4 is 17.5 Å².